The van der Waals surface area contributed by atoms with E-state index >= 15 is 0 Å². The SMILES string of the molecule is CCCC[C@](C)(CCl)NC(=O)c1ncc(F)cc1F. The second-order valence-electron chi connectivity index (χ2n) is 4.74. The lowest BCUT2D eigenvalue weighted by atomic mass is 9.97. The van der Waals surface area contributed by atoms with Crippen LogP contribution in [-0.4, -0.2) is 22.3 Å². The summed E-state index contributed by atoms with van der Waals surface area (Å²) >= 11 is 5.85. The second-order valence-corrected chi connectivity index (χ2v) is 5.00. The molecule has 0 saturated heterocycles. The molecule has 0 spiro atoms. The minimum absolute atomic E-state index is 0.210. The first-order valence-electron chi connectivity index (χ1n) is 6.11. The molecule has 1 N–H and O–H groups in total. The van der Waals surface area contributed by atoms with E-state index in [1.807, 2.05) is 6.92 Å². The number of alkyl halides is 1. The van der Waals surface area contributed by atoms with E-state index in [-0.39, 0.29) is 5.88 Å². The molecule has 0 saturated carbocycles. The van der Waals surface area contributed by atoms with Crippen molar-refractivity contribution in [1.29, 1.82) is 0 Å². The molecule has 0 unspecified atom stereocenters. The number of nitrogens with zero attached hydrogens (tertiary/aromatic N) is 1. The minimum Gasteiger partial charge on any atom is -0.344 e. The highest BCUT2D eigenvalue weighted by atomic mass is 35.5. The summed E-state index contributed by atoms with van der Waals surface area (Å²) in [6.45, 7) is 3.81. The van der Waals surface area contributed by atoms with Crippen molar-refractivity contribution in [1.82, 2.24) is 10.3 Å². The average molecular weight is 291 g/mol. The number of hydrogen-bond acceptors (Lipinski definition) is 2. The van der Waals surface area contributed by atoms with Crippen LogP contribution in [0.25, 0.3) is 0 Å². The third-order valence-corrected chi connectivity index (χ3v) is 3.41. The van der Waals surface area contributed by atoms with Gasteiger partial charge in [0.1, 0.15) is 5.82 Å². The lowest BCUT2D eigenvalue weighted by Crippen LogP contribution is -2.48. The first-order valence-corrected chi connectivity index (χ1v) is 6.65. The molecule has 3 nitrogen and oxygen atoms in total. The molecule has 19 heavy (non-hydrogen) atoms. The van der Waals surface area contributed by atoms with Gasteiger partial charge in [-0.1, -0.05) is 19.8 Å². The number of halogens is 3. The van der Waals surface area contributed by atoms with Gasteiger partial charge in [-0.2, -0.15) is 0 Å². The molecule has 1 amide bonds. The summed E-state index contributed by atoms with van der Waals surface area (Å²) in [7, 11) is 0. The Morgan fingerprint density at radius 1 is 1.53 bits per heavy atom. The van der Waals surface area contributed by atoms with E-state index in [9.17, 15) is 13.6 Å². The number of pyridine rings is 1. The van der Waals surface area contributed by atoms with Gasteiger partial charge in [-0.3, -0.25) is 4.79 Å². The Kier molecular flexibility index (Phi) is 5.66. The van der Waals surface area contributed by atoms with Crippen molar-refractivity contribution in [3.8, 4) is 0 Å². The number of hydrogen-bond donors (Lipinski definition) is 1. The van der Waals surface area contributed by atoms with Crippen molar-refractivity contribution in [3.05, 3.63) is 29.6 Å². The van der Waals surface area contributed by atoms with Crippen LogP contribution in [-0.2, 0) is 0 Å². The standard InChI is InChI=1S/C13H17ClF2N2O/c1-3-4-5-13(2,8-14)18-12(19)11-10(16)6-9(15)7-17-11/h6-7H,3-5,8H2,1-2H3,(H,18,19)/t13-/m1/s1. The summed E-state index contributed by atoms with van der Waals surface area (Å²) in [5.41, 5.74) is -1.05. The third-order valence-electron chi connectivity index (χ3n) is 2.82. The fraction of sp³-hybridized carbons (Fsp3) is 0.538. The molecule has 0 aromatic carbocycles. The molecule has 1 rings (SSSR count). The summed E-state index contributed by atoms with van der Waals surface area (Å²) in [5, 5.41) is 2.66. The Balaban J connectivity index is 2.82. The molecule has 0 radical (unpaired) electrons. The maximum atomic E-state index is 13.4. The monoisotopic (exact) mass is 290 g/mol. The number of aromatic nitrogens is 1. The van der Waals surface area contributed by atoms with E-state index in [4.69, 9.17) is 11.6 Å². The average Bonchev–Trinajstić information content (AvgIpc) is 2.36. The molecule has 0 bridgehead atoms. The van der Waals surface area contributed by atoms with E-state index in [0.29, 0.717) is 12.5 Å². The van der Waals surface area contributed by atoms with Gasteiger partial charge < -0.3 is 5.32 Å². The van der Waals surface area contributed by atoms with Crippen LogP contribution in [0.4, 0.5) is 8.78 Å². The molecule has 1 atom stereocenters. The van der Waals surface area contributed by atoms with E-state index in [0.717, 1.165) is 19.0 Å². The lowest BCUT2D eigenvalue weighted by molar-refractivity contribution is 0.0899. The molecule has 1 heterocycles. The van der Waals surface area contributed by atoms with Crippen molar-refractivity contribution in [2.45, 2.75) is 38.6 Å². The van der Waals surface area contributed by atoms with Crippen LogP contribution in [0.3, 0.4) is 0 Å². The van der Waals surface area contributed by atoms with Gasteiger partial charge in [0, 0.05) is 11.9 Å². The Bertz CT molecular complexity index is 456. The smallest absolute Gasteiger partial charge is 0.273 e. The highest BCUT2D eigenvalue weighted by Crippen LogP contribution is 2.17. The molecule has 106 valence electrons. The lowest BCUT2D eigenvalue weighted by Gasteiger charge is -2.28. The van der Waals surface area contributed by atoms with E-state index in [2.05, 4.69) is 10.3 Å². The van der Waals surface area contributed by atoms with Gasteiger partial charge in [0.25, 0.3) is 5.91 Å². The first kappa shape index (κ1) is 15.8. The number of carbonyl (C=O) groups excluding carboxylic acids is 1. The van der Waals surface area contributed by atoms with Crippen LogP contribution >= 0.6 is 11.6 Å². The summed E-state index contributed by atoms with van der Waals surface area (Å²) in [4.78, 5) is 15.4. The Morgan fingerprint density at radius 3 is 2.74 bits per heavy atom. The van der Waals surface area contributed by atoms with Crippen LogP contribution in [0.1, 0.15) is 43.6 Å². The molecule has 1 aromatic rings. The molecular weight excluding hydrogens is 274 g/mol. The van der Waals surface area contributed by atoms with E-state index in [1.165, 1.54) is 0 Å². The van der Waals surface area contributed by atoms with Gasteiger partial charge in [-0.05, 0) is 13.3 Å². The zero-order valence-corrected chi connectivity index (χ0v) is 11.7. The zero-order valence-electron chi connectivity index (χ0n) is 11.0. The van der Waals surface area contributed by atoms with Crippen LogP contribution in [0.15, 0.2) is 12.3 Å². The summed E-state index contributed by atoms with van der Waals surface area (Å²) in [6, 6.07) is 0.631. The predicted octanol–water partition coefficient (Wildman–Crippen LogP) is 3.28. The van der Waals surface area contributed by atoms with Crippen molar-refractivity contribution in [2.24, 2.45) is 0 Å². The number of nitrogens with one attached hydrogen (secondary N) is 1. The van der Waals surface area contributed by atoms with Gasteiger partial charge in [0.15, 0.2) is 11.5 Å². The normalized spacial score (nSPS) is 13.9. The van der Waals surface area contributed by atoms with Crippen molar-refractivity contribution in [2.75, 3.05) is 5.88 Å². The highest BCUT2D eigenvalue weighted by Gasteiger charge is 2.27. The first-order chi connectivity index (χ1) is 8.91. The van der Waals surface area contributed by atoms with Crippen LogP contribution in [0.5, 0.6) is 0 Å². The van der Waals surface area contributed by atoms with Crippen molar-refractivity contribution >= 4 is 17.5 Å². The van der Waals surface area contributed by atoms with Gasteiger partial charge in [-0.15, -0.1) is 11.6 Å². The summed E-state index contributed by atoms with van der Waals surface area (Å²) in [5.74, 6) is -2.27. The number of rotatable bonds is 6. The van der Waals surface area contributed by atoms with E-state index < -0.39 is 28.8 Å². The van der Waals surface area contributed by atoms with Gasteiger partial charge in [0.2, 0.25) is 0 Å². The van der Waals surface area contributed by atoms with Gasteiger partial charge in [-0.25, -0.2) is 13.8 Å². The minimum atomic E-state index is -0.982. The molecule has 0 aliphatic carbocycles. The Morgan fingerprint density at radius 2 is 2.21 bits per heavy atom. The molecule has 6 heteroatoms. The predicted molar refractivity (Wildman–Crippen MR) is 70.3 cm³/mol. The molecule has 0 aliphatic heterocycles. The van der Waals surface area contributed by atoms with E-state index in [1.54, 1.807) is 6.92 Å². The third kappa shape index (κ3) is 4.42. The van der Waals surface area contributed by atoms with Crippen LogP contribution < -0.4 is 5.32 Å². The zero-order chi connectivity index (χ0) is 14.5. The maximum absolute atomic E-state index is 13.4. The molecule has 1 aromatic heterocycles. The second kappa shape index (κ2) is 6.80. The molecule has 0 fully saturated rings. The summed E-state index contributed by atoms with van der Waals surface area (Å²) in [6.07, 6.45) is 3.35. The largest absolute Gasteiger partial charge is 0.344 e. The fourth-order valence-electron chi connectivity index (χ4n) is 1.64. The van der Waals surface area contributed by atoms with Crippen LogP contribution in [0, 0.1) is 11.6 Å². The highest BCUT2D eigenvalue weighted by molar-refractivity contribution is 6.18. The Labute approximate surface area is 116 Å². The number of unbranched alkanes of at least 4 members (excludes halogenated alkanes) is 1. The summed E-state index contributed by atoms with van der Waals surface area (Å²) < 4.78 is 26.2. The van der Waals surface area contributed by atoms with Crippen LogP contribution in [0.2, 0.25) is 0 Å². The van der Waals surface area contributed by atoms with Crippen molar-refractivity contribution in [3.63, 3.8) is 0 Å². The van der Waals surface area contributed by atoms with Gasteiger partial charge >= 0.3 is 0 Å². The van der Waals surface area contributed by atoms with Gasteiger partial charge in [0.05, 0.1) is 11.7 Å². The van der Waals surface area contributed by atoms with Crippen molar-refractivity contribution < 1.29 is 13.6 Å². The fourth-order valence-corrected chi connectivity index (χ4v) is 1.85. The quantitative estimate of drug-likeness (QED) is 0.817. The maximum Gasteiger partial charge on any atom is 0.273 e. The number of amides is 1. The molecular formula is C13H17ClF2N2O. The topological polar surface area (TPSA) is 42.0 Å². The number of carbonyl (C=O) groups is 1. The molecule has 0 aliphatic rings. The Hall–Kier alpha value is -1.23.